The average molecular weight is 660 g/mol. The zero-order chi connectivity index (χ0) is 31.8. The Kier molecular flexibility index (Phi) is 24.2. The molecule has 256 valence electrons. The molecule has 0 atom stereocenters. The molecule has 0 aliphatic heterocycles. The van der Waals surface area contributed by atoms with Gasteiger partial charge in [0.25, 0.3) is 0 Å². The third-order valence-electron chi connectivity index (χ3n) is 8.75. The second-order valence-electron chi connectivity index (χ2n) is 13.2. The molecule has 0 unspecified atom stereocenters. The molecule has 0 bridgehead atoms. The molecule has 0 aromatic heterocycles. The average Bonchev–Trinajstić information content (AvgIpc) is 3.03. The standard InChI is InChI=1S/C42H68N2.Ni/c1-7-13-19-20-21-22-28-42(44-40-33-37(25-16-10-4)30-38(34-40)26-17-11-5)41(27-18-12-6)43-39-31-35(23-14-8-2)29-36(32-39)24-15-9-3;/h29-34H,7-28H2,1-6H3;. The summed E-state index contributed by atoms with van der Waals surface area (Å²) in [4.78, 5) is 11.0. The molecular formula is C42H68N2Ni. The summed E-state index contributed by atoms with van der Waals surface area (Å²) < 4.78 is 0. The van der Waals surface area contributed by atoms with E-state index in [2.05, 4.69) is 77.9 Å². The molecule has 0 saturated heterocycles. The van der Waals surface area contributed by atoms with E-state index >= 15 is 0 Å². The van der Waals surface area contributed by atoms with E-state index in [1.54, 1.807) is 0 Å². The number of rotatable bonds is 25. The van der Waals surface area contributed by atoms with Crippen molar-refractivity contribution in [2.24, 2.45) is 9.98 Å². The van der Waals surface area contributed by atoms with E-state index in [1.807, 2.05) is 0 Å². The van der Waals surface area contributed by atoms with Crippen LogP contribution >= 0.6 is 0 Å². The summed E-state index contributed by atoms with van der Waals surface area (Å²) >= 11 is 0. The van der Waals surface area contributed by atoms with E-state index in [0.29, 0.717) is 0 Å². The summed E-state index contributed by atoms with van der Waals surface area (Å²) in [5.74, 6) is 0. The largest absolute Gasteiger partial charge is 0.252 e. The number of hydrogen-bond acceptors (Lipinski definition) is 2. The topological polar surface area (TPSA) is 24.7 Å². The molecule has 2 nitrogen and oxygen atoms in total. The van der Waals surface area contributed by atoms with E-state index in [1.165, 1.54) is 130 Å². The van der Waals surface area contributed by atoms with Crippen LogP contribution in [0.15, 0.2) is 46.4 Å². The van der Waals surface area contributed by atoms with Crippen LogP contribution in [0.3, 0.4) is 0 Å². The second kappa shape index (κ2) is 26.4. The smallest absolute Gasteiger partial charge is 0.0639 e. The number of unbranched alkanes of at least 4 members (excludes halogenated alkanes) is 10. The first-order chi connectivity index (χ1) is 21.6. The fourth-order valence-corrected chi connectivity index (χ4v) is 5.97. The van der Waals surface area contributed by atoms with Gasteiger partial charge in [-0.1, -0.05) is 118 Å². The fraction of sp³-hybridized carbons (Fsp3) is 0.667. The van der Waals surface area contributed by atoms with E-state index in [0.717, 1.165) is 56.3 Å². The van der Waals surface area contributed by atoms with Crippen molar-refractivity contribution in [2.75, 3.05) is 0 Å². The Morgan fingerprint density at radius 3 is 1.04 bits per heavy atom. The van der Waals surface area contributed by atoms with Gasteiger partial charge < -0.3 is 0 Å². The van der Waals surface area contributed by atoms with Crippen molar-refractivity contribution >= 4 is 22.8 Å². The number of aryl methyl sites for hydroxylation is 4. The van der Waals surface area contributed by atoms with E-state index in [-0.39, 0.29) is 16.5 Å². The first kappa shape index (κ1) is 41.3. The van der Waals surface area contributed by atoms with Crippen molar-refractivity contribution in [3.8, 4) is 0 Å². The predicted octanol–water partition coefficient (Wildman–Crippen LogP) is 13.8. The monoisotopic (exact) mass is 658 g/mol. The number of aliphatic imine (C=N–C) groups is 2. The van der Waals surface area contributed by atoms with Crippen LogP contribution in [0, 0.1) is 0 Å². The van der Waals surface area contributed by atoms with Crippen LogP contribution in [0.25, 0.3) is 0 Å². The quantitative estimate of drug-likeness (QED) is 0.0576. The molecule has 0 saturated carbocycles. The van der Waals surface area contributed by atoms with Gasteiger partial charge in [0.15, 0.2) is 0 Å². The molecule has 0 fully saturated rings. The van der Waals surface area contributed by atoms with Crippen LogP contribution < -0.4 is 0 Å². The van der Waals surface area contributed by atoms with Gasteiger partial charge in [-0.15, -0.1) is 0 Å². The Morgan fingerprint density at radius 1 is 0.378 bits per heavy atom. The minimum atomic E-state index is 0. The zero-order valence-corrected chi connectivity index (χ0v) is 31.2. The zero-order valence-electron chi connectivity index (χ0n) is 30.2. The Morgan fingerprint density at radius 2 is 0.689 bits per heavy atom. The molecule has 3 heteroatoms. The van der Waals surface area contributed by atoms with Gasteiger partial charge in [0.05, 0.1) is 22.8 Å². The Hall–Kier alpha value is -1.73. The molecule has 0 N–H and O–H groups in total. The van der Waals surface area contributed by atoms with Crippen LogP contribution in [0.5, 0.6) is 0 Å². The van der Waals surface area contributed by atoms with Gasteiger partial charge >= 0.3 is 0 Å². The van der Waals surface area contributed by atoms with Gasteiger partial charge in [-0.05, 0) is 124 Å². The van der Waals surface area contributed by atoms with E-state index < -0.39 is 0 Å². The fourth-order valence-electron chi connectivity index (χ4n) is 5.97. The summed E-state index contributed by atoms with van der Waals surface area (Å²) in [5.41, 5.74) is 10.6. The maximum Gasteiger partial charge on any atom is 0.0639 e. The van der Waals surface area contributed by atoms with Crippen molar-refractivity contribution < 1.29 is 16.5 Å². The maximum atomic E-state index is 5.51. The molecule has 2 aromatic carbocycles. The molecule has 0 aliphatic rings. The molecule has 2 aromatic rings. The third kappa shape index (κ3) is 17.7. The number of hydrogen-bond donors (Lipinski definition) is 0. The number of benzene rings is 2. The SMILES string of the molecule is CCCCCCCCC(=Nc1cc(CCCC)cc(CCCC)c1)C(CCCC)=Nc1cc(CCCC)cc(CCCC)c1.[Ni]. The van der Waals surface area contributed by atoms with Crippen LogP contribution in [0.4, 0.5) is 11.4 Å². The normalized spacial score (nSPS) is 12.0. The summed E-state index contributed by atoms with van der Waals surface area (Å²) in [6.45, 7) is 13.8. The molecule has 45 heavy (non-hydrogen) atoms. The summed E-state index contributed by atoms with van der Waals surface area (Å²) in [6.07, 6.45) is 26.6. The molecule has 0 radical (unpaired) electrons. The minimum absolute atomic E-state index is 0. The summed E-state index contributed by atoms with van der Waals surface area (Å²) in [7, 11) is 0. The first-order valence-electron chi connectivity index (χ1n) is 19.0. The Balaban J connectivity index is 0.0000101. The minimum Gasteiger partial charge on any atom is -0.252 e. The van der Waals surface area contributed by atoms with E-state index in [4.69, 9.17) is 9.98 Å². The van der Waals surface area contributed by atoms with Gasteiger partial charge in [0.1, 0.15) is 0 Å². The van der Waals surface area contributed by atoms with Gasteiger partial charge in [0.2, 0.25) is 0 Å². The Labute approximate surface area is 289 Å². The molecule has 0 amide bonds. The van der Waals surface area contributed by atoms with Crippen molar-refractivity contribution in [1.82, 2.24) is 0 Å². The molecule has 2 rings (SSSR count). The Bertz CT molecular complexity index is 1050. The second-order valence-corrected chi connectivity index (χ2v) is 13.2. The third-order valence-corrected chi connectivity index (χ3v) is 8.75. The first-order valence-corrected chi connectivity index (χ1v) is 19.0. The van der Waals surface area contributed by atoms with Gasteiger partial charge in [-0.25, -0.2) is 0 Å². The van der Waals surface area contributed by atoms with Crippen LogP contribution in [0.2, 0.25) is 0 Å². The van der Waals surface area contributed by atoms with E-state index in [9.17, 15) is 0 Å². The molecule has 0 aliphatic carbocycles. The van der Waals surface area contributed by atoms with Crippen LogP contribution in [0.1, 0.15) is 179 Å². The summed E-state index contributed by atoms with van der Waals surface area (Å²) in [5, 5.41) is 0. The van der Waals surface area contributed by atoms with Crippen molar-refractivity contribution in [2.45, 2.75) is 183 Å². The van der Waals surface area contributed by atoms with Crippen molar-refractivity contribution in [3.05, 3.63) is 58.7 Å². The predicted molar refractivity (Wildman–Crippen MR) is 199 cm³/mol. The van der Waals surface area contributed by atoms with Gasteiger partial charge in [-0.3, -0.25) is 9.98 Å². The molecular weight excluding hydrogens is 591 g/mol. The maximum absolute atomic E-state index is 5.51. The summed E-state index contributed by atoms with van der Waals surface area (Å²) in [6, 6.07) is 14.4. The van der Waals surface area contributed by atoms with Crippen molar-refractivity contribution in [3.63, 3.8) is 0 Å². The number of nitrogens with zero attached hydrogens (tertiary/aromatic N) is 2. The molecule has 0 spiro atoms. The van der Waals surface area contributed by atoms with Gasteiger partial charge in [0, 0.05) is 16.5 Å². The van der Waals surface area contributed by atoms with Crippen LogP contribution in [-0.4, -0.2) is 11.4 Å². The van der Waals surface area contributed by atoms with Crippen LogP contribution in [-0.2, 0) is 42.2 Å². The van der Waals surface area contributed by atoms with Crippen molar-refractivity contribution in [1.29, 1.82) is 0 Å². The molecule has 0 heterocycles. The van der Waals surface area contributed by atoms with Gasteiger partial charge in [-0.2, -0.15) is 0 Å².